The van der Waals surface area contributed by atoms with Gasteiger partial charge < -0.3 is 16.8 Å². The fourth-order valence-electron chi connectivity index (χ4n) is 2.81. The van der Waals surface area contributed by atoms with E-state index in [1.807, 2.05) is 0 Å². The molecule has 156 valence electrons. The van der Waals surface area contributed by atoms with E-state index in [0.29, 0.717) is 5.69 Å². The number of amides is 1. The van der Waals surface area contributed by atoms with E-state index in [-0.39, 0.29) is 22.6 Å². The number of hydrogen-bond acceptors (Lipinski definition) is 5. The summed E-state index contributed by atoms with van der Waals surface area (Å²) in [7, 11) is 0. The maximum atomic E-state index is 13.0. The summed E-state index contributed by atoms with van der Waals surface area (Å²) in [4.78, 5) is 24.9. The summed E-state index contributed by atoms with van der Waals surface area (Å²) < 4.78 is 40.1. The highest BCUT2D eigenvalue weighted by Crippen LogP contribution is 2.32. The fourth-order valence-corrected chi connectivity index (χ4v) is 2.81. The molecule has 0 fully saturated rings. The lowest BCUT2D eigenvalue weighted by Gasteiger charge is -2.17. The summed E-state index contributed by atoms with van der Waals surface area (Å²) in [6, 6.07) is 11.7. The number of nitrogens with zero attached hydrogens (tertiary/aromatic N) is 2. The minimum atomic E-state index is -4.57. The smallest absolute Gasteiger partial charge is 0.399 e. The van der Waals surface area contributed by atoms with Crippen LogP contribution >= 0.6 is 0 Å². The molecule has 1 amide bonds. The molecule has 7 nitrogen and oxygen atoms in total. The molecule has 0 radical (unpaired) electrons. The molecule has 10 heteroatoms. The summed E-state index contributed by atoms with van der Waals surface area (Å²) in [5, 5.41) is 6.58. The van der Waals surface area contributed by atoms with Gasteiger partial charge in [0.2, 0.25) is 0 Å². The largest absolute Gasteiger partial charge is 0.416 e. The minimum Gasteiger partial charge on any atom is -0.399 e. The molecule has 1 heterocycles. The predicted octanol–water partition coefficient (Wildman–Crippen LogP) is 2.91. The lowest BCUT2D eigenvalue weighted by atomic mass is 10.0. The van der Waals surface area contributed by atoms with Crippen LogP contribution in [0.5, 0.6) is 0 Å². The van der Waals surface area contributed by atoms with E-state index in [1.165, 1.54) is 13.0 Å². The summed E-state index contributed by atoms with van der Waals surface area (Å²) in [5.41, 5.74) is 9.92. The van der Waals surface area contributed by atoms with Gasteiger partial charge in [-0.3, -0.25) is 9.59 Å². The quantitative estimate of drug-likeness (QED) is 0.565. The van der Waals surface area contributed by atoms with Gasteiger partial charge in [0.25, 0.3) is 11.5 Å². The molecule has 3 rings (SSSR count). The van der Waals surface area contributed by atoms with Crippen LogP contribution in [0.1, 0.15) is 34.6 Å². The molecule has 2 aromatic carbocycles. The van der Waals surface area contributed by atoms with Crippen molar-refractivity contribution < 1.29 is 18.0 Å². The van der Waals surface area contributed by atoms with Crippen molar-refractivity contribution in [2.75, 3.05) is 11.5 Å². The SMILES string of the molecule is C[C@@H](NC(=O)c1cc(N)c(=O)n(-c2ccccc2)n1)c1cc(N)cc(C(F)(F)F)c1. The molecule has 0 aliphatic rings. The summed E-state index contributed by atoms with van der Waals surface area (Å²) in [6.07, 6.45) is -4.57. The van der Waals surface area contributed by atoms with E-state index in [2.05, 4.69) is 10.4 Å². The predicted molar refractivity (Wildman–Crippen MR) is 106 cm³/mol. The van der Waals surface area contributed by atoms with Crippen LogP contribution in [0, 0.1) is 0 Å². The normalized spacial score (nSPS) is 12.4. The number of para-hydroxylation sites is 1. The first kappa shape index (κ1) is 20.9. The summed E-state index contributed by atoms with van der Waals surface area (Å²) in [6.45, 7) is 1.50. The molecular weight excluding hydrogens is 399 g/mol. The number of rotatable bonds is 4. The maximum Gasteiger partial charge on any atom is 0.416 e. The molecule has 3 aromatic rings. The summed E-state index contributed by atoms with van der Waals surface area (Å²) in [5.74, 6) is -0.713. The van der Waals surface area contributed by atoms with E-state index < -0.39 is 29.2 Å². The van der Waals surface area contributed by atoms with E-state index in [0.717, 1.165) is 22.9 Å². The van der Waals surface area contributed by atoms with Crippen LogP contribution in [0.25, 0.3) is 5.69 Å². The van der Waals surface area contributed by atoms with Crippen molar-refractivity contribution in [2.24, 2.45) is 0 Å². The number of nitrogen functional groups attached to an aromatic ring is 2. The highest BCUT2D eigenvalue weighted by Gasteiger charge is 2.31. The second-order valence-electron chi connectivity index (χ2n) is 6.62. The molecule has 1 atom stereocenters. The molecule has 0 unspecified atom stereocenters. The molecule has 0 spiro atoms. The van der Waals surface area contributed by atoms with Gasteiger partial charge in [0, 0.05) is 5.69 Å². The molecule has 1 aromatic heterocycles. The van der Waals surface area contributed by atoms with Crippen molar-refractivity contribution in [1.82, 2.24) is 15.1 Å². The highest BCUT2D eigenvalue weighted by molar-refractivity contribution is 5.93. The first-order chi connectivity index (χ1) is 14.1. The molecule has 0 saturated heterocycles. The number of halogens is 3. The van der Waals surface area contributed by atoms with Crippen molar-refractivity contribution >= 4 is 17.3 Å². The van der Waals surface area contributed by atoms with Gasteiger partial charge in [-0.15, -0.1) is 0 Å². The van der Waals surface area contributed by atoms with Crippen LogP contribution in [-0.4, -0.2) is 15.7 Å². The van der Waals surface area contributed by atoms with Gasteiger partial charge in [-0.25, -0.2) is 0 Å². The van der Waals surface area contributed by atoms with Gasteiger partial charge in [0.15, 0.2) is 5.69 Å². The Morgan fingerprint density at radius 3 is 2.40 bits per heavy atom. The van der Waals surface area contributed by atoms with Gasteiger partial charge in [0.1, 0.15) is 5.69 Å². The molecule has 30 heavy (non-hydrogen) atoms. The van der Waals surface area contributed by atoms with Gasteiger partial charge in [0.05, 0.1) is 17.3 Å². The standard InChI is InChI=1S/C20H18F3N5O2/c1-11(12-7-13(20(21,22)23)9-14(24)8-12)26-18(29)17-10-16(25)19(30)28(27-17)15-5-3-2-4-6-15/h2-11H,24-25H2,1H3,(H,26,29)/t11-/m1/s1. The Balaban J connectivity index is 1.91. The topological polar surface area (TPSA) is 116 Å². The maximum absolute atomic E-state index is 13.0. The molecule has 0 bridgehead atoms. The van der Waals surface area contributed by atoms with Crippen LogP contribution in [0.4, 0.5) is 24.5 Å². The first-order valence-corrected chi connectivity index (χ1v) is 8.80. The molecule has 0 aliphatic carbocycles. The van der Waals surface area contributed by atoms with Gasteiger partial charge >= 0.3 is 6.18 Å². The van der Waals surface area contributed by atoms with Crippen LogP contribution in [-0.2, 0) is 6.18 Å². The number of carbonyl (C=O) groups excluding carboxylic acids is 1. The number of carbonyl (C=O) groups is 1. The number of aromatic nitrogens is 2. The summed E-state index contributed by atoms with van der Waals surface area (Å²) >= 11 is 0. The molecule has 0 saturated carbocycles. The monoisotopic (exact) mass is 417 g/mol. The number of benzene rings is 2. The highest BCUT2D eigenvalue weighted by atomic mass is 19.4. The zero-order valence-corrected chi connectivity index (χ0v) is 15.8. The van der Waals surface area contributed by atoms with Gasteiger partial charge in [-0.2, -0.15) is 23.0 Å². The van der Waals surface area contributed by atoms with E-state index in [4.69, 9.17) is 11.5 Å². The van der Waals surface area contributed by atoms with Crippen molar-refractivity contribution in [3.05, 3.63) is 81.8 Å². The van der Waals surface area contributed by atoms with Crippen molar-refractivity contribution in [2.45, 2.75) is 19.1 Å². The number of anilines is 2. The van der Waals surface area contributed by atoms with Gasteiger partial charge in [-0.05, 0) is 48.9 Å². The lowest BCUT2D eigenvalue weighted by molar-refractivity contribution is -0.137. The van der Waals surface area contributed by atoms with Crippen molar-refractivity contribution in [3.8, 4) is 5.69 Å². The molecule has 0 aliphatic heterocycles. The zero-order chi connectivity index (χ0) is 22.1. The third kappa shape index (κ3) is 4.43. The van der Waals surface area contributed by atoms with Gasteiger partial charge in [-0.1, -0.05) is 18.2 Å². The number of alkyl halides is 3. The number of nitrogens with one attached hydrogen (secondary N) is 1. The fraction of sp³-hybridized carbons (Fsp3) is 0.150. The van der Waals surface area contributed by atoms with E-state index in [9.17, 15) is 22.8 Å². The van der Waals surface area contributed by atoms with E-state index in [1.54, 1.807) is 30.3 Å². The second kappa shape index (κ2) is 7.90. The Kier molecular flexibility index (Phi) is 5.50. The Morgan fingerprint density at radius 1 is 1.10 bits per heavy atom. The third-order valence-corrected chi connectivity index (χ3v) is 4.33. The first-order valence-electron chi connectivity index (χ1n) is 8.80. The van der Waals surface area contributed by atoms with Crippen molar-refractivity contribution in [3.63, 3.8) is 0 Å². The van der Waals surface area contributed by atoms with Crippen LogP contribution in [0.2, 0.25) is 0 Å². The Bertz CT molecular complexity index is 1140. The Morgan fingerprint density at radius 2 is 1.77 bits per heavy atom. The lowest BCUT2D eigenvalue weighted by Crippen LogP contribution is -2.32. The average molecular weight is 417 g/mol. The second-order valence-corrected chi connectivity index (χ2v) is 6.62. The average Bonchev–Trinajstić information content (AvgIpc) is 2.69. The number of hydrogen-bond donors (Lipinski definition) is 3. The Labute approximate surface area is 169 Å². The number of nitrogens with two attached hydrogens (primary N) is 2. The van der Waals surface area contributed by atoms with Crippen LogP contribution in [0.15, 0.2) is 59.4 Å². The Hall–Kier alpha value is -3.82. The molecule has 5 N–H and O–H groups in total. The van der Waals surface area contributed by atoms with E-state index >= 15 is 0 Å². The van der Waals surface area contributed by atoms with Crippen molar-refractivity contribution in [1.29, 1.82) is 0 Å². The van der Waals surface area contributed by atoms with Crippen LogP contribution in [0.3, 0.4) is 0 Å². The third-order valence-electron chi connectivity index (χ3n) is 4.33. The molecular formula is C20H18F3N5O2. The zero-order valence-electron chi connectivity index (χ0n) is 15.8. The minimum absolute atomic E-state index is 0.0825. The van der Waals surface area contributed by atoms with Crippen LogP contribution < -0.4 is 22.3 Å².